The van der Waals surface area contributed by atoms with Gasteiger partial charge in [-0.25, -0.2) is 5.06 Å². The predicted octanol–water partition coefficient (Wildman–Crippen LogP) is -0.819. The molecule has 0 aromatic rings. The van der Waals surface area contributed by atoms with Gasteiger partial charge in [-0.15, -0.1) is 0 Å². The van der Waals surface area contributed by atoms with Crippen LogP contribution in [0, 0.1) is 5.92 Å². The largest absolute Gasteiger partial charge is 0.320 e. The van der Waals surface area contributed by atoms with Gasteiger partial charge in [-0.05, 0) is 0 Å². The quantitative estimate of drug-likeness (QED) is 0.421. The lowest BCUT2D eigenvalue weighted by Crippen LogP contribution is -2.33. The third-order valence-electron chi connectivity index (χ3n) is 1.61. The van der Waals surface area contributed by atoms with Crippen molar-refractivity contribution in [1.82, 2.24) is 5.06 Å². The fourth-order valence-electron chi connectivity index (χ4n) is 0.892. The number of nitrogens with zero attached hydrogens (tertiary/aromatic N) is 1. The van der Waals surface area contributed by atoms with Crippen molar-refractivity contribution in [3.8, 4) is 0 Å². The molecule has 1 aliphatic rings. The molecule has 0 aromatic carbocycles. The van der Waals surface area contributed by atoms with Crippen molar-refractivity contribution in [2.45, 2.75) is 13.0 Å². The molecule has 1 heterocycles. The summed E-state index contributed by atoms with van der Waals surface area (Å²) in [4.78, 5) is 10.7. The lowest BCUT2D eigenvalue weighted by atomic mass is 10.1. The maximum Gasteiger partial charge on any atom is 0.263 e. The first-order chi connectivity index (χ1) is 4.13. The summed E-state index contributed by atoms with van der Waals surface area (Å²) < 4.78 is 0. The van der Waals surface area contributed by atoms with Gasteiger partial charge in [0.1, 0.15) is 0 Å². The summed E-state index contributed by atoms with van der Waals surface area (Å²) in [6.45, 7) is 2.19. The number of hydrogen-bond donors (Lipinski definition) is 2. The van der Waals surface area contributed by atoms with Crippen LogP contribution in [0.4, 0.5) is 0 Å². The molecule has 1 fully saturated rings. The van der Waals surface area contributed by atoms with E-state index in [9.17, 15) is 4.79 Å². The van der Waals surface area contributed by atoms with E-state index in [1.54, 1.807) is 0 Å². The number of hydrogen-bond acceptors (Lipinski definition) is 3. The maximum absolute atomic E-state index is 10.7. The summed E-state index contributed by atoms with van der Waals surface area (Å²) in [5, 5.41) is 9.42. The summed E-state index contributed by atoms with van der Waals surface area (Å²) >= 11 is 0. The highest BCUT2D eigenvalue weighted by Crippen LogP contribution is 2.12. The van der Waals surface area contributed by atoms with Gasteiger partial charge in [0.25, 0.3) is 5.91 Å². The highest BCUT2D eigenvalue weighted by Gasteiger charge is 2.33. The zero-order valence-electron chi connectivity index (χ0n) is 5.24. The van der Waals surface area contributed by atoms with E-state index < -0.39 is 6.04 Å². The Balaban J connectivity index is 2.65. The van der Waals surface area contributed by atoms with Crippen LogP contribution in [0.15, 0.2) is 0 Å². The van der Waals surface area contributed by atoms with E-state index in [4.69, 9.17) is 10.9 Å². The first kappa shape index (κ1) is 6.51. The van der Waals surface area contributed by atoms with E-state index in [0.717, 1.165) is 0 Å². The zero-order valence-corrected chi connectivity index (χ0v) is 5.24. The van der Waals surface area contributed by atoms with E-state index in [2.05, 4.69) is 0 Å². The van der Waals surface area contributed by atoms with Gasteiger partial charge in [0.2, 0.25) is 0 Å². The first-order valence-electron chi connectivity index (χ1n) is 2.88. The molecular weight excluding hydrogens is 120 g/mol. The molecule has 4 heteroatoms. The monoisotopic (exact) mass is 130 g/mol. The third-order valence-corrected chi connectivity index (χ3v) is 1.61. The minimum absolute atomic E-state index is 0.0718. The summed E-state index contributed by atoms with van der Waals surface area (Å²) in [7, 11) is 0. The zero-order chi connectivity index (χ0) is 7.02. The van der Waals surface area contributed by atoms with Crippen LogP contribution in [0.1, 0.15) is 6.92 Å². The molecule has 1 aliphatic heterocycles. The lowest BCUT2D eigenvalue weighted by molar-refractivity contribution is -0.158. The number of amides is 1. The molecule has 4 nitrogen and oxygen atoms in total. The van der Waals surface area contributed by atoms with Crippen molar-refractivity contribution in [3.63, 3.8) is 0 Å². The van der Waals surface area contributed by atoms with Crippen molar-refractivity contribution < 1.29 is 10.0 Å². The number of rotatable bonds is 0. The van der Waals surface area contributed by atoms with Gasteiger partial charge >= 0.3 is 0 Å². The predicted molar refractivity (Wildman–Crippen MR) is 30.6 cm³/mol. The van der Waals surface area contributed by atoms with Crippen molar-refractivity contribution in [3.05, 3.63) is 0 Å². The molecule has 3 N–H and O–H groups in total. The molecule has 0 aromatic heterocycles. The minimum Gasteiger partial charge on any atom is -0.320 e. The van der Waals surface area contributed by atoms with E-state index >= 15 is 0 Å². The molecule has 0 bridgehead atoms. The lowest BCUT2D eigenvalue weighted by Gasteiger charge is -2.02. The molecule has 0 saturated carbocycles. The molecule has 0 unspecified atom stereocenters. The van der Waals surface area contributed by atoms with Crippen LogP contribution in [-0.4, -0.2) is 28.8 Å². The Morgan fingerprint density at radius 2 is 2.44 bits per heavy atom. The molecule has 0 aliphatic carbocycles. The van der Waals surface area contributed by atoms with Gasteiger partial charge in [0, 0.05) is 5.92 Å². The van der Waals surface area contributed by atoms with E-state index in [1.165, 1.54) is 0 Å². The molecule has 52 valence electrons. The average Bonchev–Trinajstić information content (AvgIpc) is 1.98. The molecule has 2 atom stereocenters. The van der Waals surface area contributed by atoms with Gasteiger partial charge in [0.05, 0.1) is 12.6 Å². The highest BCUT2D eigenvalue weighted by atomic mass is 16.5. The van der Waals surface area contributed by atoms with E-state index in [0.29, 0.717) is 11.6 Å². The standard InChI is InChI=1S/C5H10N2O2/c1-3-2-7(9)5(8)4(3)6/h3-4,9H,2,6H2,1H3/t3-,4+/m1/s1. The van der Waals surface area contributed by atoms with Crippen LogP contribution in [0.5, 0.6) is 0 Å². The Kier molecular flexibility index (Phi) is 1.42. The second kappa shape index (κ2) is 1.97. The average molecular weight is 130 g/mol. The van der Waals surface area contributed by atoms with E-state index in [1.807, 2.05) is 6.92 Å². The van der Waals surface area contributed by atoms with Crippen LogP contribution in [0.25, 0.3) is 0 Å². The smallest absolute Gasteiger partial charge is 0.263 e. The summed E-state index contributed by atoms with van der Waals surface area (Å²) in [6.07, 6.45) is 0. The van der Waals surface area contributed by atoms with Crippen LogP contribution in [-0.2, 0) is 4.79 Å². The number of carbonyl (C=O) groups is 1. The minimum atomic E-state index is -0.505. The first-order valence-corrected chi connectivity index (χ1v) is 2.88. The molecule has 1 amide bonds. The van der Waals surface area contributed by atoms with Crippen molar-refractivity contribution in [1.29, 1.82) is 0 Å². The Hall–Kier alpha value is -0.610. The Bertz CT molecular complexity index is 137. The molecule has 1 saturated heterocycles. The normalized spacial score (nSPS) is 35.9. The van der Waals surface area contributed by atoms with Gasteiger partial charge in [-0.2, -0.15) is 0 Å². The number of carbonyl (C=O) groups excluding carboxylic acids is 1. The molecule has 9 heavy (non-hydrogen) atoms. The Morgan fingerprint density at radius 3 is 2.56 bits per heavy atom. The molecular formula is C5H10N2O2. The third kappa shape index (κ3) is 0.906. The summed E-state index contributed by atoms with van der Waals surface area (Å²) in [5.74, 6) is -0.301. The van der Waals surface area contributed by atoms with Gasteiger partial charge in [-0.3, -0.25) is 10.0 Å². The van der Waals surface area contributed by atoms with Crippen LogP contribution < -0.4 is 5.73 Å². The summed E-state index contributed by atoms with van der Waals surface area (Å²) in [5.41, 5.74) is 5.36. The second-order valence-corrected chi connectivity index (χ2v) is 2.42. The SMILES string of the molecule is C[C@@H]1CN(O)C(=O)[C@H]1N. The van der Waals surface area contributed by atoms with E-state index in [-0.39, 0.29) is 11.8 Å². The van der Waals surface area contributed by atoms with Crippen LogP contribution >= 0.6 is 0 Å². The number of hydroxylamine groups is 2. The van der Waals surface area contributed by atoms with Gasteiger partial charge in [-0.1, -0.05) is 6.92 Å². The molecule has 1 rings (SSSR count). The highest BCUT2D eigenvalue weighted by molar-refractivity contribution is 5.82. The fourth-order valence-corrected chi connectivity index (χ4v) is 0.892. The fraction of sp³-hybridized carbons (Fsp3) is 0.800. The van der Waals surface area contributed by atoms with Crippen LogP contribution in [0.3, 0.4) is 0 Å². The van der Waals surface area contributed by atoms with Gasteiger partial charge in [0.15, 0.2) is 0 Å². The molecule has 0 spiro atoms. The Morgan fingerprint density at radius 1 is 1.89 bits per heavy atom. The topological polar surface area (TPSA) is 66.6 Å². The Labute approximate surface area is 53.2 Å². The van der Waals surface area contributed by atoms with Crippen molar-refractivity contribution in [2.24, 2.45) is 11.7 Å². The second-order valence-electron chi connectivity index (χ2n) is 2.42. The van der Waals surface area contributed by atoms with Crippen LogP contribution in [0.2, 0.25) is 0 Å². The maximum atomic E-state index is 10.7. The molecule has 0 radical (unpaired) electrons. The number of nitrogens with two attached hydrogens (primary N) is 1. The van der Waals surface area contributed by atoms with Gasteiger partial charge < -0.3 is 5.73 Å². The summed E-state index contributed by atoms with van der Waals surface area (Å²) in [6, 6.07) is -0.505. The van der Waals surface area contributed by atoms with Crippen molar-refractivity contribution in [2.75, 3.05) is 6.54 Å². The van der Waals surface area contributed by atoms with Crippen molar-refractivity contribution >= 4 is 5.91 Å².